The van der Waals surface area contributed by atoms with Gasteiger partial charge in [-0.05, 0) is 24.3 Å². The zero-order valence-corrected chi connectivity index (χ0v) is 16.6. The number of nitrogens with zero attached hydrogens (tertiary/aromatic N) is 2. The SMILES string of the molecule is NCCNC(=O)c1ccccc1NC(=O)CCN1CCN(c2ccccc2)CC1. The molecule has 0 radical (unpaired) electrons. The maximum Gasteiger partial charge on any atom is 0.253 e. The molecule has 0 atom stereocenters. The third-order valence-electron chi connectivity index (χ3n) is 5.02. The van der Waals surface area contributed by atoms with Crippen LogP contribution < -0.4 is 21.3 Å². The van der Waals surface area contributed by atoms with E-state index >= 15 is 0 Å². The third-order valence-corrected chi connectivity index (χ3v) is 5.02. The first-order chi connectivity index (χ1) is 14.2. The molecule has 1 fully saturated rings. The maximum absolute atomic E-state index is 12.4. The summed E-state index contributed by atoms with van der Waals surface area (Å²) in [5.41, 5.74) is 7.66. The number of anilines is 2. The van der Waals surface area contributed by atoms with Crippen molar-refractivity contribution in [3.05, 3.63) is 60.2 Å². The molecular formula is C22H29N5O2. The van der Waals surface area contributed by atoms with Gasteiger partial charge in [0.25, 0.3) is 5.91 Å². The topological polar surface area (TPSA) is 90.7 Å². The van der Waals surface area contributed by atoms with Gasteiger partial charge in [0.15, 0.2) is 0 Å². The molecule has 0 unspecified atom stereocenters. The Morgan fingerprint density at radius 1 is 0.931 bits per heavy atom. The van der Waals surface area contributed by atoms with Crippen molar-refractivity contribution in [1.82, 2.24) is 10.2 Å². The predicted molar refractivity (Wildman–Crippen MR) is 116 cm³/mol. The van der Waals surface area contributed by atoms with Crippen molar-refractivity contribution in [1.29, 1.82) is 0 Å². The van der Waals surface area contributed by atoms with E-state index in [4.69, 9.17) is 5.73 Å². The lowest BCUT2D eigenvalue weighted by molar-refractivity contribution is -0.116. The Morgan fingerprint density at radius 2 is 1.62 bits per heavy atom. The molecule has 154 valence electrons. The van der Waals surface area contributed by atoms with Gasteiger partial charge in [-0.1, -0.05) is 30.3 Å². The molecule has 2 aromatic rings. The molecular weight excluding hydrogens is 366 g/mol. The van der Waals surface area contributed by atoms with Crippen LogP contribution in [0.4, 0.5) is 11.4 Å². The van der Waals surface area contributed by atoms with Crippen LogP contribution in [0.5, 0.6) is 0 Å². The van der Waals surface area contributed by atoms with E-state index in [9.17, 15) is 9.59 Å². The molecule has 0 spiro atoms. The summed E-state index contributed by atoms with van der Waals surface area (Å²) in [5, 5.41) is 5.61. The van der Waals surface area contributed by atoms with Crippen LogP contribution in [0, 0.1) is 0 Å². The molecule has 1 aliphatic heterocycles. The standard InChI is InChI=1S/C22H29N5O2/c23-11-12-24-22(29)19-8-4-5-9-20(19)25-21(28)10-13-26-14-16-27(17-15-26)18-6-2-1-3-7-18/h1-9H,10-17,23H2,(H,24,29)(H,25,28). The van der Waals surface area contributed by atoms with Gasteiger partial charge in [0.2, 0.25) is 5.91 Å². The lowest BCUT2D eigenvalue weighted by atomic mass is 10.1. The lowest BCUT2D eigenvalue weighted by Gasteiger charge is -2.36. The van der Waals surface area contributed by atoms with E-state index in [-0.39, 0.29) is 11.8 Å². The second-order valence-electron chi connectivity index (χ2n) is 7.05. The number of hydrogen-bond acceptors (Lipinski definition) is 5. The van der Waals surface area contributed by atoms with Gasteiger partial charge in [-0.15, -0.1) is 0 Å². The van der Waals surface area contributed by atoms with Crippen molar-refractivity contribution in [2.75, 3.05) is 56.0 Å². The normalized spacial score (nSPS) is 14.4. The first kappa shape index (κ1) is 20.8. The van der Waals surface area contributed by atoms with Gasteiger partial charge in [-0.3, -0.25) is 14.5 Å². The van der Waals surface area contributed by atoms with E-state index in [1.807, 2.05) is 6.07 Å². The molecule has 0 aliphatic carbocycles. The summed E-state index contributed by atoms with van der Waals surface area (Å²) >= 11 is 0. The fourth-order valence-corrected chi connectivity index (χ4v) is 3.41. The molecule has 1 saturated heterocycles. The van der Waals surface area contributed by atoms with Crippen LogP contribution in [0.2, 0.25) is 0 Å². The van der Waals surface area contributed by atoms with Gasteiger partial charge in [-0.25, -0.2) is 0 Å². The van der Waals surface area contributed by atoms with Gasteiger partial charge in [0.05, 0.1) is 11.3 Å². The fourth-order valence-electron chi connectivity index (χ4n) is 3.41. The number of hydrogen-bond donors (Lipinski definition) is 3. The Morgan fingerprint density at radius 3 is 2.34 bits per heavy atom. The minimum absolute atomic E-state index is 0.0884. The predicted octanol–water partition coefficient (Wildman–Crippen LogP) is 1.53. The van der Waals surface area contributed by atoms with Crippen LogP contribution in [0.1, 0.15) is 16.8 Å². The van der Waals surface area contributed by atoms with Gasteiger partial charge in [-0.2, -0.15) is 0 Å². The van der Waals surface area contributed by atoms with Crippen LogP contribution in [-0.2, 0) is 4.79 Å². The lowest BCUT2D eigenvalue weighted by Crippen LogP contribution is -2.47. The second-order valence-corrected chi connectivity index (χ2v) is 7.05. The second kappa shape index (κ2) is 10.6. The Hall–Kier alpha value is -2.90. The third kappa shape index (κ3) is 6.04. The van der Waals surface area contributed by atoms with Gasteiger partial charge >= 0.3 is 0 Å². The number of benzene rings is 2. The van der Waals surface area contributed by atoms with E-state index in [0.717, 1.165) is 26.2 Å². The molecule has 2 aromatic carbocycles. The molecule has 2 amide bonds. The van der Waals surface area contributed by atoms with E-state index in [2.05, 4.69) is 44.7 Å². The van der Waals surface area contributed by atoms with Gasteiger partial charge in [0.1, 0.15) is 0 Å². The van der Waals surface area contributed by atoms with E-state index < -0.39 is 0 Å². The molecule has 29 heavy (non-hydrogen) atoms. The Balaban J connectivity index is 1.46. The largest absolute Gasteiger partial charge is 0.369 e. The molecule has 7 nitrogen and oxygen atoms in total. The molecule has 7 heteroatoms. The summed E-state index contributed by atoms with van der Waals surface area (Å²) in [6.45, 7) is 5.25. The average molecular weight is 396 g/mol. The van der Waals surface area contributed by atoms with Crippen molar-refractivity contribution in [3.63, 3.8) is 0 Å². The Bertz CT molecular complexity index is 804. The smallest absolute Gasteiger partial charge is 0.253 e. The minimum atomic E-state index is -0.233. The van der Waals surface area contributed by atoms with Crippen LogP contribution in [-0.4, -0.2) is 62.5 Å². The number of amides is 2. The maximum atomic E-state index is 12.4. The summed E-state index contributed by atoms with van der Waals surface area (Å²) in [6, 6.07) is 17.4. The Labute approximate surface area is 171 Å². The van der Waals surface area contributed by atoms with E-state index in [1.165, 1.54) is 5.69 Å². The highest BCUT2D eigenvalue weighted by Gasteiger charge is 2.18. The minimum Gasteiger partial charge on any atom is -0.369 e. The van der Waals surface area contributed by atoms with Crippen molar-refractivity contribution in [3.8, 4) is 0 Å². The molecule has 1 heterocycles. The number of piperazine rings is 1. The molecule has 4 N–H and O–H groups in total. The van der Waals surface area contributed by atoms with Crippen LogP contribution in [0.25, 0.3) is 0 Å². The van der Waals surface area contributed by atoms with E-state index in [1.54, 1.807) is 24.3 Å². The Kier molecular flexibility index (Phi) is 7.61. The summed E-state index contributed by atoms with van der Waals surface area (Å²) < 4.78 is 0. The number of rotatable bonds is 8. The molecule has 0 bridgehead atoms. The van der Waals surface area contributed by atoms with E-state index in [0.29, 0.717) is 37.3 Å². The van der Waals surface area contributed by atoms with Gasteiger partial charge in [0, 0.05) is 57.9 Å². The zero-order chi connectivity index (χ0) is 20.5. The monoisotopic (exact) mass is 395 g/mol. The van der Waals surface area contributed by atoms with Crippen LogP contribution in [0.15, 0.2) is 54.6 Å². The molecule has 0 saturated carbocycles. The summed E-state index contributed by atoms with van der Waals surface area (Å²) in [5.74, 6) is -0.321. The quantitative estimate of drug-likeness (QED) is 0.631. The number of nitrogens with two attached hydrogens (primary N) is 1. The first-order valence-corrected chi connectivity index (χ1v) is 10.1. The highest BCUT2D eigenvalue weighted by molar-refractivity contribution is 6.03. The van der Waals surface area contributed by atoms with Crippen LogP contribution in [0.3, 0.4) is 0 Å². The first-order valence-electron chi connectivity index (χ1n) is 10.1. The van der Waals surface area contributed by atoms with Gasteiger partial charge < -0.3 is 21.3 Å². The highest BCUT2D eigenvalue weighted by atomic mass is 16.2. The molecule has 0 aromatic heterocycles. The fraction of sp³-hybridized carbons (Fsp3) is 0.364. The van der Waals surface area contributed by atoms with Crippen LogP contribution >= 0.6 is 0 Å². The molecule has 1 aliphatic rings. The number of para-hydroxylation sites is 2. The number of carbonyl (C=O) groups is 2. The number of nitrogens with one attached hydrogen (secondary N) is 2. The average Bonchev–Trinajstić information content (AvgIpc) is 2.77. The van der Waals surface area contributed by atoms with Crippen molar-refractivity contribution < 1.29 is 9.59 Å². The molecule has 3 rings (SSSR count). The number of carbonyl (C=O) groups excluding carboxylic acids is 2. The summed E-state index contributed by atoms with van der Waals surface area (Å²) in [4.78, 5) is 29.3. The van der Waals surface area contributed by atoms with Crippen molar-refractivity contribution in [2.24, 2.45) is 5.73 Å². The van der Waals surface area contributed by atoms with Crippen molar-refractivity contribution in [2.45, 2.75) is 6.42 Å². The summed E-state index contributed by atoms with van der Waals surface area (Å²) in [6.07, 6.45) is 0.393. The van der Waals surface area contributed by atoms with Crippen molar-refractivity contribution >= 4 is 23.2 Å². The highest BCUT2D eigenvalue weighted by Crippen LogP contribution is 2.17. The zero-order valence-electron chi connectivity index (χ0n) is 16.6. The summed E-state index contributed by atoms with van der Waals surface area (Å²) in [7, 11) is 0.